The first-order valence-corrected chi connectivity index (χ1v) is 16.1. The highest BCUT2D eigenvalue weighted by Gasteiger charge is 2.22. The van der Waals surface area contributed by atoms with Crippen molar-refractivity contribution in [3.8, 4) is 11.4 Å². The van der Waals surface area contributed by atoms with E-state index < -0.39 is 0 Å². The van der Waals surface area contributed by atoms with Crippen LogP contribution in [0.1, 0.15) is 0 Å². The summed E-state index contributed by atoms with van der Waals surface area (Å²) in [5.74, 6) is 0. The average Bonchev–Trinajstić information content (AvgIpc) is 3.79. The van der Waals surface area contributed by atoms with Gasteiger partial charge in [-0.25, -0.2) is 4.98 Å². The van der Waals surface area contributed by atoms with Crippen molar-refractivity contribution in [3.05, 3.63) is 158 Å². The standard InChI is InChI=1S/C43H26N4/c1-3-13-27(14-4-1)45-36-21-11-8-18-30(36)42-38(45)24-23-31-41(42)33-25-32-29-17-7-10-20-35(29)46(28-15-5-2-6-16-28)39(32)26-40(33)47-37-22-12-9-19-34(37)44-43(31)47/h1-26H. The molecular formula is C43H26N4. The van der Waals surface area contributed by atoms with E-state index in [9.17, 15) is 0 Å². The molecule has 0 fully saturated rings. The molecule has 0 amide bonds. The Balaban J connectivity index is 1.44. The molecule has 218 valence electrons. The lowest BCUT2D eigenvalue weighted by Crippen LogP contribution is -1.96. The Morgan fingerprint density at radius 1 is 0.340 bits per heavy atom. The Bertz CT molecular complexity index is 3050. The lowest BCUT2D eigenvalue weighted by atomic mass is 9.98. The molecule has 0 aliphatic rings. The van der Waals surface area contributed by atoms with Crippen molar-refractivity contribution in [2.45, 2.75) is 0 Å². The fourth-order valence-corrected chi connectivity index (χ4v) is 8.08. The molecule has 7 aromatic carbocycles. The Kier molecular flexibility index (Phi) is 4.81. The van der Waals surface area contributed by atoms with Gasteiger partial charge in [0.25, 0.3) is 0 Å². The highest BCUT2D eigenvalue weighted by Crippen LogP contribution is 2.44. The molecule has 0 atom stereocenters. The van der Waals surface area contributed by atoms with Gasteiger partial charge in [-0.2, -0.15) is 0 Å². The summed E-state index contributed by atoms with van der Waals surface area (Å²) in [4.78, 5) is 5.30. The summed E-state index contributed by atoms with van der Waals surface area (Å²) in [7, 11) is 0. The SMILES string of the molecule is c1ccc(-n2c3ccccc3c3cc4c5c(ccc6c5c5ccccc5n6-c5ccccc5)c5nc6ccccc6n5c4cc32)cc1. The number of pyridine rings is 1. The summed E-state index contributed by atoms with van der Waals surface area (Å²) in [6.45, 7) is 0. The smallest absolute Gasteiger partial charge is 0.146 e. The Labute approximate surface area is 268 Å². The van der Waals surface area contributed by atoms with Gasteiger partial charge in [0.2, 0.25) is 0 Å². The number of imidazole rings is 1. The number of fused-ring (bicyclic) bond motifs is 15. The highest BCUT2D eigenvalue weighted by molar-refractivity contribution is 6.32. The summed E-state index contributed by atoms with van der Waals surface area (Å²) in [6.07, 6.45) is 0. The predicted octanol–water partition coefficient (Wildman–Crippen LogP) is 11.0. The summed E-state index contributed by atoms with van der Waals surface area (Å²) in [6, 6.07) is 56.9. The molecule has 0 aliphatic heterocycles. The zero-order chi connectivity index (χ0) is 30.6. The van der Waals surface area contributed by atoms with Crippen LogP contribution in [0.3, 0.4) is 0 Å². The predicted molar refractivity (Wildman–Crippen MR) is 196 cm³/mol. The molecule has 0 radical (unpaired) electrons. The molecule has 0 bridgehead atoms. The molecule has 0 aliphatic carbocycles. The molecule has 47 heavy (non-hydrogen) atoms. The monoisotopic (exact) mass is 598 g/mol. The Hall–Kier alpha value is -6.39. The van der Waals surface area contributed by atoms with Gasteiger partial charge < -0.3 is 9.13 Å². The van der Waals surface area contributed by atoms with Crippen LogP contribution in [-0.4, -0.2) is 18.5 Å². The number of rotatable bonds is 2. The normalized spacial score (nSPS) is 12.3. The van der Waals surface area contributed by atoms with E-state index in [1.54, 1.807) is 0 Å². The van der Waals surface area contributed by atoms with Crippen LogP contribution in [0.2, 0.25) is 0 Å². The van der Waals surface area contributed by atoms with Crippen LogP contribution in [0.25, 0.3) is 93.3 Å². The van der Waals surface area contributed by atoms with Crippen molar-refractivity contribution in [2.75, 3.05) is 0 Å². The van der Waals surface area contributed by atoms with Crippen molar-refractivity contribution < 1.29 is 0 Å². The first kappa shape index (κ1) is 24.9. The number of para-hydroxylation sites is 6. The Morgan fingerprint density at radius 2 is 0.936 bits per heavy atom. The van der Waals surface area contributed by atoms with E-state index in [0.29, 0.717) is 0 Å². The number of hydrogen-bond acceptors (Lipinski definition) is 1. The molecule has 4 heteroatoms. The van der Waals surface area contributed by atoms with Crippen LogP contribution in [0.5, 0.6) is 0 Å². The van der Waals surface area contributed by atoms with Gasteiger partial charge in [-0.05, 0) is 72.8 Å². The van der Waals surface area contributed by atoms with E-state index in [0.717, 1.165) is 39.0 Å². The lowest BCUT2D eigenvalue weighted by molar-refractivity contribution is 1.18. The number of aromatic nitrogens is 4. The average molecular weight is 599 g/mol. The van der Waals surface area contributed by atoms with Crippen molar-refractivity contribution in [3.63, 3.8) is 0 Å². The van der Waals surface area contributed by atoms with Crippen LogP contribution in [0.4, 0.5) is 0 Å². The van der Waals surface area contributed by atoms with Gasteiger partial charge in [-0.15, -0.1) is 0 Å². The second-order valence-corrected chi connectivity index (χ2v) is 12.4. The third-order valence-corrected chi connectivity index (χ3v) is 9.97. The topological polar surface area (TPSA) is 27.2 Å². The van der Waals surface area contributed by atoms with Crippen molar-refractivity contribution in [1.29, 1.82) is 0 Å². The molecule has 11 rings (SSSR count). The van der Waals surface area contributed by atoms with E-state index in [-0.39, 0.29) is 0 Å². The van der Waals surface area contributed by atoms with Crippen LogP contribution in [0.15, 0.2) is 158 Å². The molecule has 11 aromatic rings. The molecule has 0 N–H and O–H groups in total. The van der Waals surface area contributed by atoms with Crippen LogP contribution >= 0.6 is 0 Å². The fourth-order valence-electron chi connectivity index (χ4n) is 8.08. The van der Waals surface area contributed by atoms with Gasteiger partial charge >= 0.3 is 0 Å². The van der Waals surface area contributed by atoms with E-state index >= 15 is 0 Å². The van der Waals surface area contributed by atoms with E-state index in [2.05, 4.69) is 171 Å². The van der Waals surface area contributed by atoms with E-state index in [1.807, 2.05) is 0 Å². The van der Waals surface area contributed by atoms with Gasteiger partial charge in [0.15, 0.2) is 0 Å². The van der Waals surface area contributed by atoms with Gasteiger partial charge in [0.05, 0.1) is 38.6 Å². The molecule has 4 aromatic heterocycles. The van der Waals surface area contributed by atoms with Gasteiger partial charge in [0, 0.05) is 49.1 Å². The fraction of sp³-hybridized carbons (Fsp3) is 0. The molecule has 0 unspecified atom stereocenters. The zero-order valence-corrected chi connectivity index (χ0v) is 25.3. The first-order valence-electron chi connectivity index (χ1n) is 16.1. The quantitative estimate of drug-likeness (QED) is 0.182. The molecule has 4 heterocycles. The number of benzene rings is 7. The molecule has 0 saturated carbocycles. The maximum absolute atomic E-state index is 5.30. The molecular weight excluding hydrogens is 573 g/mol. The number of hydrogen-bond donors (Lipinski definition) is 0. The maximum Gasteiger partial charge on any atom is 0.146 e. The van der Waals surface area contributed by atoms with Crippen LogP contribution in [-0.2, 0) is 0 Å². The van der Waals surface area contributed by atoms with Gasteiger partial charge in [-0.3, -0.25) is 4.40 Å². The molecule has 0 saturated heterocycles. The van der Waals surface area contributed by atoms with Crippen molar-refractivity contribution in [1.82, 2.24) is 18.5 Å². The third-order valence-electron chi connectivity index (χ3n) is 9.97. The van der Waals surface area contributed by atoms with Gasteiger partial charge in [0.1, 0.15) is 5.65 Å². The van der Waals surface area contributed by atoms with Crippen molar-refractivity contribution >= 4 is 82.0 Å². The summed E-state index contributed by atoms with van der Waals surface area (Å²) in [5, 5.41) is 8.61. The van der Waals surface area contributed by atoms with Gasteiger partial charge in [-0.1, -0.05) is 84.9 Å². The minimum atomic E-state index is 0.980. The third kappa shape index (κ3) is 3.23. The Morgan fingerprint density at radius 3 is 1.68 bits per heavy atom. The maximum atomic E-state index is 5.30. The number of nitrogens with zero attached hydrogens (tertiary/aromatic N) is 4. The van der Waals surface area contributed by atoms with Crippen LogP contribution in [0, 0.1) is 0 Å². The summed E-state index contributed by atoms with van der Waals surface area (Å²) in [5.41, 5.74) is 11.3. The summed E-state index contributed by atoms with van der Waals surface area (Å²) < 4.78 is 7.19. The lowest BCUT2D eigenvalue weighted by Gasteiger charge is -2.13. The minimum absolute atomic E-state index is 0.980. The van der Waals surface area contributed by atoms with E-state index in [1.165, 1.54) is 54.4 Å². The van der Waals surface area contributed by atoms with Crippen LogP contribution < -0.4 is 0 Å². The van der Waals surface area contributed by atoms with Crippen molar-refractivity contribution in [2.24, 2.45) is 0 Å². The zero-order valence-electron chi connectivity index (χ0n) is 25.3. The molecule has 4 nitrogen and oxygen atoms in total. The molecule has 0 spiro atoms. The second kappa shape index (κ2) is 9.09. The minimum Gasteiger partial charge on any atom is -0.309 e. The van der Waals surface area contributed by atoms with E-state index in [4.69, 9.17) is 4.98 Å². The first-order chi connectivity index (χ1) is 23.3. The second-order valence-electron chi connectivity index (χ2n) is 12.4. The summed E-state index contributed by atoms with van der Waals surface area (Å²) >= 11 is 0. The largest absolute Gasteiger partial charge is 0.309 e. The highest BCUT2D eigenvalue weighted by atomic mass is 15.0.